The lowest BCUT2D eigenvalue weighted by Crippen LogP contribution is -2.42. The largest absolute Gasteiger partial charge is 0.493 e. The first-order valence-corrected chi connectivity index (χ1v) is 8.14. The van der Waals surface area contributed by atoms with Gasteiger partial charge in [0.1, 0.15) is 0 Å². The fraction of sp³-hybridized carbons (Fsp3) is 0.625. The molecule has 1 aromatic rings. The molecule has 1 atom stereocenters. The van der Waals surface area contributed by atoms with Crippen molar-refractivity contribution in [1.82, 2.24) is 5.32 Å². The third kappa shape index (κ3) is 5.16. The number of halogens is 1. The van der Waals surface area contributed by atoms with E-state index in [1.807, 2.05) is 19.1 Å². The van der Waals surface area contributed by atoms with E-state index in [0.717, 1.165) is 34.4 Å². The van der Waals surface area contributed by atoms with Crippen LogP contribution in [-0.4, -0.2) is 31.0 Å². The zero-order valence-corrected chi connectivity index (χ0v) is 14.9. The van der Waals surface area contributed by atoms with Gasteiger partial charge in [0.25, 0.3) is 0 Å². The Morgan fingerprint density at radius 3 is 2.57 bits per heavy atom. The van der Waals surface area contributed by atoms with Crippen LogP contribution in [0, 0.1) is 0 Å². The minimum Gasteiger partial charge on any atom is -0.493 e. The Labute approximate surface area is 136 Å². The number of aliphatic hydroxyl groups excluding tert-OH is 1. The Balaban J connectivity index is 2.87. The van der Waals surface area contributed by atoms with Gasteiger partial charge >= 0.3 is 0 Å². The molecular formula is C16H26BrNO3. The Hall–Kier alpha value is -0.780. The maximum absolute atomic E-state index is 9.17. The van der Waals surface area contributed by atoms with Crippen LogP contribution < -0.4 is 14.8 Å². The van der Waals surface area contributed by atoms with Crippen LogP contribution in [0.3, 0.4) is 0 Å². The molecule has 0 bridgehead atoms. The molecule has 0 amide bonds. The molecule has 0 aliphatic carbocycles. The summed E-state index contributed by atoms with van der Waals surface area (Å²) in [6.07, 6.45) is 1.70. The Kier molecular flexibility index (Phi) is 7.49. The molecule has 0 aliphatic rings. The minimum atomic E-state index is -0.0624. The molecule has 0 saturated carbocycles. The van der Waals surface area contributed by atoms with Gasteiger partial charge in [0.2, 0.25) is 0 Å². The molecule has 0 fully saturated rings. The fourth-order valence-corrected chi connectivity index (χ4v) is 2.72. The standard InChI is InChI=1S/C16H26BrNO3/c1-5-16(3,7-8-19)18-11-12-9-13(17)15(21-6-2)14(10-12)20-4/h9-10,18-19H,5-8,11H2,1-4H3. The predicted molar refractivity (Wildman–Crippen MR) is 89.1 cm³/mol. The topological polar surface area (TPSA) is 50.7 Å². The first-order chi connectivity index (χ1) is 9.99. The van der Waals surface area contributed by atoms with Crippen LogP contribution in [-0.2, 0) is 6.54 Å². The van der Waals surface area contributed by atoms with Crippen LogP contribution in [0.5, 0.6) is 11.5 Å². The lowest BCUT2D eigenvalue weighted by atomic mass is 9.94. The van der Waals surface area contributed by atoms with Crippen molar-refractivity contribution in [2.45, 2.75) is 45.7 Å². The summed E-state index contributed by atoms with van der Waals surface area (Å²) in [5, 5.41) is 12.7. The van der Waals surface area contributed by atoms with Gasteiger partial charge in [-0.2, -0.15) is 0 Å². The number of rotatable bonds is 9. The molecule has 1 unspecified atom stereocenters. The molecule has 0 aromatic heterocycles. The summed E-state index contributed by atoms with van der Waals surface area (Å²) in [7, 11) is 1.64. The van der Waals surface area contributed by atoms with Gasteiger partial charge in [0.15, 0.2) is 11.5 Å². The molecule has 5 heteroatoms. The maximum atomic E-state index is 9.17. The van der Waals surface area contributed by atoms with Crippen LogP contribution in [0.15, 0.2) is 16.6 Å². The first kappa shape index (κ1) is 18.3. The average Bonchev–Trinajstić information content (AvgIpc) is 2.48. The Morgan fingerprint density at radius 1 is 1.33 bits per heavy atom. The first-order valence-electron chi connectivity index (χ1n) is 7.34. The second kappa shape index (κ2) is 8.61. The quantitative estimate of drug-likeness (QED) is 0.708. The third-order valence-corrected chi connectivity index (χ3v) is 4.33. The van der Waals surface area contributed by atoms with Gasteiger partial charge in [-0.15, -0.1) is 0 Å². The normalized spacial score (nSPS) is 13.8. The number of nitrogens with one attached hydrogen (secondary N) is 1. The van der Waals surface area contributed by atoms with Crippen molar-refractivity contribution in [2.24, 2.45) is 0 Å². The minimum absolute atomic E-state index is 0.0624. The van der Waals surface area contributed by atoms with E-state index in [-0.39, 0.29) is 12.1 Å². The van der Waals surface area contributed by atoms with Gasteiger partial charge in [-0.1, -0.05) is 6.92 Å². The molecule has 4 nitrogen and oxygen atoms in total. The summed E-state index contributed by atoms with van der Waals surface area (Å²) >= 11 is 3.54. The molecule has 0 spiro atoms. The molecule has 0 radical (unpaired) electrons. The number of hydrogen-bond acceptors (Lipinski definition) is 4. The number of aliphatic hydroxyl groups is 1. The highest BCUT2D eigenvalue weighted by molar-refractivity contribution is 9.10. The van der Waals surface area contributed by atoms with E-state index in [1.165, 1.54) is 0 Å². The second-order valence-corrected chi connectivity index (χ2v) is 6.14. The van der Waals surface area contributed by atoms with Crippen LogP contribution in [0.4, 0.5) is 0 Å². The highest BCUT2D eigenvalue weighted by atomic mass is 79.9. The van der Waals surface area contributed by atoms with Crippen LogP contribution in [0.1, 0.15) is 39.2 Å². The zero-order chi connectivity index (χ0) is 15.9. The fourth-order valence-electron chi connectivity index (χ4n) is 2.11. The van der Waals surface area contributed by atoms with Crippen molar-refractivity contribution in [3.05, 3.63) is 22.2 Å². The van der Waals surface area contributed by atoms with E-state index in [0.29, 0.717) is 13.2 Å². The monoisotopic (exact) mass is 359 g/mol. The summed E-state index contributed by atoms with van der Waals surface area (Å²) in [5.41, 5.74) is 1.05. The highest BCUT2D eigenvalue weighted by Gasteiger charge is 2.21. The van der Waals surface area contributed by atoms with Crippen LogP contribution >= 0.6 is 15.9 Å². The summed E-state index contributed by atoms with van der Waals surface area (Å²) < 4.78 is 11.9. The van der Waals surface area contributed by atoms with Crippen LogP contribution in [0.25, 0.3) is 0 Å². The van der Waals surface area contributed by atoms with Crippen LogP contribution in [0.2, 0.25) is 0 Å². The zero-order valence-electron chi connectivity index (χ0n) is 13.3. The van der Waals surface area contributed by atoms with Gasteiger partial charge in [-0.05, 0) is 60.3 Å². The number of ether oxygens (including phenoxy) is 2. The third-order valence-electron chi connectivity index (χ3n) is 3.74. The van der Waals surface area contributed by atoms with Crippen molar-refractivity contribution < 1.29 is 14.6 Å². The molecule has 21 heavy (non-hydrogen) atoms. The van der Waals surface area contributed by atoms with E-state index in [4.69, 9.17) is 14.6 Å². The average molecular weight is 360 g/mol. The second-order valence-electron chi connectivity index (χ2n) is 5.28. The van der Waals surface area contributed by atoms with E-state index in [1.54, 1.807) is 7.11 Å². The van der Waals surface area contributed by atoms with E-state index in [2.05, 4.69) is 35.1 Å². The van der Waals surface area contributed by atoms with Gasteiger partial charge in [-0.3, -0.25) is 0 Å². The van der Waals surface area contributed by atoms with Crippen molar-refractivity contribution in [3.8, 4) is 11.5 Å². The molecule has 2 N–H and O–H groups in total. The Morgan fingerprint density at radius 2 is 2.05 bits per heavy atom. The van der Waals surface area contributed by atoms with Gasteiger partial charge in [-0.25, -0.2) is 0 Å². The summed E-state index contributed by atoms with van der Waals surface area (Å²) in [5.74, 6) is 1.46. The number of methoxy groups -OCH3 is 1. The molecule has 0 aliphatic heterocycles. The molecular weight excluding hydrogens is 334 g/mol. The predicted octanol–water partition coefficient (Wildman–Crippen LogP) is 3.50. The van der Waals surface area contributed by atoms with E-state index in [9.17, 15) is 0 Å². The number of hydrogen-bond donors (Lipinski definition) is 2. The van der Waals surface area contributed by atoms with Crippen molar-refractivity contribution in [2.75, 3.05) is 20.3 Å². The van der Waals surface area contributed by atoms with Crippen molar-refractivity contribution in [1.29, 1.82) is 0 Å². The Bertz CT molecular complexity index is 453. The van der Waals surface area contributed by atoms with Crippen molar-refractivity contribution in [3.63, 3.8) is 0 Å². The highest BCUT2D eigenvalue weighted by Crippen LogP contribution is 2.36. The van der Waals surface area contributed by atoms with Gasteiger partial charge < -0.3 is 19.9 Å². The molecule has 1 rings (SSSR count). The van der Waals surface area contributed by atoms with E-state index >= 15 is 0 Å². The van der Waals surface area contributed by atoms with Gasteiger partial charge in [0, 0.05) is 18.7 Å². The summed E-state index contributed by atoms with van der Waals surface area (Å²) in [6.45, 7) is 7.70. The molecule has 1 aromatic carbocycles. The summed E-state index contributed by atoms with van der Waals surface area (Å²) in [4.78, 5) is 0. The van der Waals surface area contributed by atoms with Gasteiger partial charge in [0.05, 0.1) is 18.2 Å². The lowest BCUT2D eigenvalue weighted by Gasteiger charge is -2.29. The van der Waals surface area contributed by atoms with E-state index < -0.39 is 0 Å². The number of benzene rings is 1. The maximum Gasteiger partial charge on any atom is 0.175 e. The van der Waals surface area contributed by atoms with Crippen molar-refractivity contribution >= 4 is 15.9 Å². The molecule has 0 saturated heterocycles. The smallest absolute Gasteiger partial charge is 0.175 e. The molecule has 0 heterocycles. The summed E-state index contributed by atoms with van der Waals surface area (Å²) in [6, 6.07) is 4.02. The molecule has 120 valence electrons. The lowest BCUT2D eigenvalue weighted by molar-refractivity contribution is 0.214. The SMILES string of the molecule is CCOc1c(Br)cc(CNC(C)(CC)CCO)cc1OC.